The van der Waals surface area contributed by atoms with Crippen LogP contribution in [0.4, 0.5) is 17.6 Å². The summed E-state index contributed by atoms with van der Waals surface area (Å²) in [6, 6.07) is 7.62. The number of nitriles is 1. The average Bonchev–Trinajstić information content (AvgIpc) is 3.03. The third kappa shape index (κ3) is 6.38. The quantitative estimate of drug-likeness (QED) is 0.603. The number of amides is 1. The molecule has 10 heteroatoms. The molecule has 2 heterocycles. The van der Waals surface area contributed by atoms with Gasteiger partial charge in [0.25, 0.3) is 5.91 Å². The van der Waals surface area contributed by atoms with Crippen molar-refractivity contribution in [3.63, 3.8) is 0 Å². The van der Waals surface area contributed by atoms with Gasteiger partial charge in [0.1, 0.15) is 11.6 Å². The zero-order chi connectivity index (χ0) is 25.8. The molecule has 0 spiro atoms. The molecule has 1 amide bonds. The van der Waals surface area contributed by atoms with Crippen molar-refractivity contribution in [1.29, 1.82) is 5.26 Å². The number of benzene rings is 1. The molecule has 35 heavy (non-hydrogen) atoms. The predicted octanol–water partition coefficient (Wildman–Crippen LogP) is 3.03. The molecule has 2 N–H and O–H groups in total. The van der Waals surface area contributed by atoms with Crippen LogP contribution in [0.1, 0.15) is 54.2 Å². The summed E-state index contributed by atoms with van der Waals surface area (Å²) in [5, 5.41) is 9.98. The molecule has 10 nitrogen and oxygen atoms in total. The first-order chi connectivity index (χ1) is 16.5. The lowest BCUT2D eigenvalue weighted by molar-refractivity contribution is 0.0524. The maximum absolute atomic E-state index is 12.5. The number of nitrogens with one attached hydrogen (secondary N) is 2. The van der Waals surface area contributed by atoms with E-state index in [0.717, 1.165) is 43.7 Å². The van der Waals surface area contributed by atoms with E-state index in [2.05, 4.69) is 38.9 Å². The van der Waals surface area contributed by atoms with Crippen LogP contribution in [0.25, 0.3) is 0 Å². The number of aryl methyl sites for hydroxylation is 2. The minimum atomic E-state index is -0.407. The minimum absolute atomic E-state index is 0.196. The summed E-state index contributed by atoms with van der Waals surface area (Å²) in [5.74, 6) is 0.795. The van der Waals surface area contributed by atoms with E-state index in [1.807, 2.05) is 52.6 Å². The van der Waals surface area contributed by atoms with Crippen LogP contribution >= 0.6 is 0 Å². The highest BCUT2D eigenvalue weighted by Crippen LogP contribution is 2.30. The van der Waals surface area contributed by atoms with E-state index in [1.54, 1.807) is 12.1 Å². The first-order valence-corrected chi connectivity index (χ1v) is 11.8. The van der Waals surface area contributed by atoms with E-state index in [4.69, 9.17) is 9.92 Å². The van der Waals surface area contributed by atoms with Crippen LogP contribution in [0.2, 0.25) is 0 Å². The van der Waals surface area contributed by atoms with E-state index in [-0.39, 0.29) is 16.9 Å². The molecule has 1 saturated heterocycles. The van der Waals surface area contributed by atoms with Crippen LogP contribution in [-0.4, -0.2) is 66.6 Å². The Labute approximate surface area is 207 Å². The van der Waals surface area contributed by atoms with Crippen molar-refractivity contribution in [2.24, 2.45) is 0 Å². The SMILES string of the molecule is Cc1ccc(C(=O)NONc2nc(N3CCCN(C)CC3)nc(N(C)C(C)(C)C)c2C#N)cc1C. The molecule has 0 atom stereocenters. The number of likely N-dealkylation sites (N-methyl/N-ethyl adjacent to an activating group) is 1. The largest absolute Gasteiger partial charge is 0.354 e. The molecule has 1 aromatic carbocycles. The van der Waals surface area contributed by atoms with E-state index in [9.17, 15) is 10.1 Å². The van der Waals surface area contributed by atoms with Gasteiger partial charge in [-0.1, -0.05) is 6.07 Å². The molecule has 1 fully saturated rings. The Balaban J connectivity index is 1.88. The van der Waals surface area contributed by atoms with Gasteiger partial charge >= 0.3 is 0 Å². The fourth-order valence-corrected chi connectivity index (χ4v) is 3.62. The van der Waals surface area contributed by atoms with Gasteiger partial charge in [-0.05, 0) is 77.9 Å². The number of hydrogen-bond donors (Lipinski definition) is 2. The molecule has 0 unspecified atom stereocenters. The molecule has 1 aliphatic heterocycles. The van der Waals surface area contributed by atoms with E-state index in [1.165, 1.54) is 0 Å². The normalized spacial score (nSPS) is 14.7. The molecule has 0 bridgehead atoms. The lowest BCUT2D eigenvalue weighted by atomic mass is 10.1. The number of hydroxylamine groups is 1. The Hall–Kier alpha value is -3.42. The number of anilines is 3. The number of rotatable bonds is 6. The Morgan fingerprint density at radius 3 is 2.54 bits per heavy atom. The zero-order valence-corrected chi connectivity index (χ0v) is 21.8. The summed E-state index contributed by atoms with van der Waals surface area (Å²) < 4.78 is 0. The number of nitrogens with zero attached hydrogens (tertiary/aromatic N) is 6. The highest BCUT2D eigenvalue weighted by molar-refractivity contribution is 5.93. The zero-order valence-electron chi connectivity index (χ0n) is 21.8. The van der Waals surface area contributed by atoms with Gasteiger partial charge in [-0.25, -0.2) is 11.0 Å². The number of aromatic nitrogens is 2. The average molecular weight is 481 g/mol. The van der Waals surface area contributed by atoms with Crippen molar-refractivity contribution in [1.82, 2.24) is 20.3 Å². The molecular formula is C25H36N8O2. The maximum Gasteiger partial charge on any atom is 0.276 e. The fraction of sp³-hybridized carbons (Fsp3) is 0.520. The molecule has 188 valence electrons. The van der Waals surface area contributed by atoms with Gasteiger partial charge in [0.05, 0.1) is 0 Å². The Kier molecular flexibility index (Phi) is 8.14. The van der Waals surface area contributed by atoms with Crippen LogP contribution in [0.15, 0.2) is 18.2 Å². The summed E-state index contributed by atoms with van der Waals surface area (Å²) in [5.41, 5.74) is 7.59. The maximum atomic E-state index is 12.5. The Bertz CT molecular complexity index is 1110. The van der Waals surface area contributed by atoms with Crippen LogP contribution < -0.4 is 20.8 Å². The first kappa shape index (κ1) is 26.2. The van der Waals surface area contributed by atoms with Crippen LogP contribution in [0.5, 0.6) is 0 Å². The summed E-state index contributed by atoms with van der Waals surface area (Å²) >= 11 is 0. The molecule has 0 aliphatic carbocycles. The molecule has 2 aromatic rings. The number of hydrogen-bond acceptors (Lipinski definition) is 9. The molecule has 3 rings (SSSR count). The van der Waals surface area contributed by atoms with Gasteiger partial charge in [0.2, 0.25) is 5.95 Å². The second-order valence-electron chi connectivity index (χ2n) is 9.99. The summed E-state index contributed by atoms with van der Waals surface area (Å²) in [6.45, 7) is 13.5. The monoisotopic (exact) mass is 480 g/mol. The Morgan fingerprint density at radius 1 is 1.14 bits per heavy atom. The standard InChI is InChI=1S/C25H36N8O2/c1-17-9-10-19(15-18(17)2)23(34)30-35-29-21-20(16-26)22(32(7)25(3,4)5)28-24(27-21)33-12-8-11-31(6)13-14-33/h9-10,15H,8,11-14H2,1-7H3,(H,30,34)(H,27,28,29). The molecule has 0 saturated carbocycles. The first-order valence-electron chi connectivity index (χ1n) is 11.8. The second-order valence-corrected chi connectivity index (χ2v) is 9.99. The van der Waals surface area contributed by atoms with Crippen molar-refractivity contribution < 1.29 is 9.73 Å². The van der Waals surface area contributed by atoms with Crippen molar-refractivity contribution in [2.75, 3.05) is 55.6 Å². The van der Waals surface area contributed by atoms with Crippen molar-refractivity contribution in [3.05, 3.63) is 40.5 Å². The summed E-state index contributed by atoms with van der Waals surface area (Å²) in [7, 11) is 4.00. The third-order valence-corrected chi connectivity index (χ3v) is 6.38. The van der Waals surface area contributed by atoms with Gasteiger partial charge in [-0.3, -0.25) is 4.79 Å². The second kappa shape index (κ2) is 10.9. The molecule has 0 radical (unpaired) electrons. The lowest BCUT2D eigenvalue weighted by Crippen LogP contribution is -2.40. The minimum Gasteiger partial charge on any atom is -0.354 e. The highest BCUT2D eigenvalue weighted by atomic mass is 16.8. The predicted molar refractivity (Wildman–Crippen MR) is 137 cm³/mol. The highest BCUT2D eigenvalue weighted by Gasteiger charge is 2.27. The van der Waals surface area contributed by atoms with Gasteiger partial charge in [0, 0.05) is 37.8 Å². The van der Waals surface area contributed by atoms with Gasteiger partial charge in [0.15, 0.2) is 11.6 Å². The van der Waals surface area contributed by atoms with E-state index in [0.29, 0.717) is 17.3 Å². The third-order valence-electron chi connectivity index (χ3n) is 6.38. The van der Waals surface area contributed by atoms with Crippen LogP contribution in [0, 0.1) is 25.2 Å². The van der Waals surface area contributed by atoms with Crippen molar-refractivity contribution in [2.45, 2.75) is 46.6 Å². The summed E-state index contributed by atoms with van der Waals surface area (Å²) in [6.07, 6.45) is 0.982. The fourth-order valence-electron chi connectivity index (χ4n) is 3.62. The summed E-state index contributed by atoms with van der Waals surface area (Å²) in [4.78, 5) is 33.6. The lowest BCUT2D eigenvalue weighted by Gasteiger charge is -2.34. The smallest absolute Gasteiger partial charge is 0.276 e. The van der Waals surface area contributed by atoms with Gasteiger partial charge in [-0.2, -0.15) is 20.2 Å². The van der Waals surface area contributed by atoms with Crippen LogP contribution in [-0.2, 0) is 4.94 Å². The molecular weight excluding hydrogens is 444 g/mol. The van der Waals surface area contributed by atoms with E-state index < -0.39 is 5.91 Å². The number of carbonyl (C=O) groups excluding carboxylic acids is 1. The van der Waals surface area contributed by atoms with Gasteiger partial charge in [-0.15, -0.1) is 0 Å². The molecule has 1 aliphatic rings. The Morgan fingerprint density at radius 2 is 1.89 bits per heavy atom. The molecule has 1 aromatic heterocycles. The van der Waals surface area contributed by atoms with Crippen LogP contribution in [0.3, 0.4) is 0 Å². The topological polar surface area (TPSA) is 110 Å². The van der Waals surface area contributed by atoms with Crippen molar-refractivity contribution in [3.8, 4) is 6.07 Å². The number of carbonyl (C=O) groups is 1. The van der Waals surface area contributed by atoms with E-state index >= 15 is 0 Å². The van der Waals surface area contributed by atoms with Crippen molar-refractivity contribution >= 4 is 23.5 Å². The van der Waals surface area contributed by atoms with Gasteiger partial charge < -0.3 is 14.7 Å².